The Hall–Kier alpha value is -1.29. The molecule has 0 saturated carbocycles. The summed E-state index contributed by atoms with van der Waals surface area (Å²) in [6.45, 7) is 7.61. The Bertz CT molecular complexity index is 394. The van der Waals surface area contributed by atoms with E-state index in [0.29, 0.717) is 11.5 Å². The van der Waals surface area contributed by atoms with Crippen LogP contribution in [0.4, 0.5) is 0 Å². The fraction of sp³-hybridized carbons (Fsp3) is 0.643. The smallest absolute Gasteiger partial charge is 0.257 e. The van der Waals surface area contributed by atoms with Crippen LogP contribution in [0.2, 0.25) is 0 Å². The number of furan rings is 1. The quantitative estimate of drug-likeness (QED) is 0.889. The van der Waals surface area contributed by atoms with E-state index < -0.39 is 0 Å². The van der Waals surface area contributed by atoms with Crippen molar-refractivity contribution in [2.24, 2.45) is 5.92 Å². The Labute approximate surface area is 108 Å². The van der Waals surface area contributed by atoms with Crippen LogP contribution in [-0.2, 0) is 0 Å². The molecule has 2 heterocycles. The average Bonchev–Trinajstić information content (AvgIpc) is 2.83. The van der Waals surface area contributed by atoms with Gasteiger partial charge >= 0.3 is 0 Å². The molecule has 0 radical (unpaired) electrons. The van der Waals surface area contributed by atoms with Crippen LogP contribution in [0.3, 0.4) is 0 Å². The van der Waals surface area contributed by atoms with E-state index in [-0.39, 0.29) is 5.91 Å². The largest absolute Gasteiger partial charge is 0.469 e. The topological polar surface area (TPSA) is 45.5 Å². The summed E-state index contributed by atoms with van der Waals surface area (Å²) in [5.74, 6) is 1.45. The number of amides is 1. The van der Waals surface area contributed by atoms with Crippen LogP contribution in [0.5, 0.6) is 0 Å². The van der Waals surface area contributed by atoms with Crippen LogP contribution < -0.4 is 5.32 Å². The zero-order valence-electron chi connectivity index (χ0n) is 11.2. The van der Waals surface area contributed by atoms with E-state index in [1.807, 2.05) is 24.8 Å². The maximum absolute atomic E-state index is 12.3. The number of hydrogen-bond donors (Lipinski definition) is 1. The second-order valence-electron chi connectivity index (χ2n) is 5.00. The molecule has 0 aromatic carbocycles. The lowest BCUT2D eigenvalue weighted by Crippen LogP contribution is -2.40. The first kappa shape index (κ1) is 13.1. The fourth-order valence-corrected chi connectivity index (χ4v) is 2.49. The third-order valence-corrected chi connectivity index (χ3v) is 3.52. The lowest BCUT2D eigenvalue weighted by Gasteiger charge is -2.29. The third kappa shape index (κ3) is 3.13. The van der Waals surface area contributed by atoms with Crippen molar-refractivity contribution in [3.05, 3.63) is 23.7 Å². The standard InChI is InChI=1S/C14H22N2O2/c1-3-16(9-12-5-4-6-15-8-12)14(17)13-7-11(2)18-10-13/h7,10,12,15H,3-6,8-9H2,1-2H3. The van der Waals surface area contributed by atoms with Crippen molar-refractivity contribution < 1.29 is 9.21 Å². The van der Waals surface area contributed by atoms with E-state index >= 15 is 0 Å². The first-order chi connectivity index (χ1) is 8.70. The van der Waals surface area contributed by atoms with E-state index in [2.05, 4.69) is 5.32 Å². The minimum Gasteiger partial charge on any atom is -0.469 e. The van der Waals surface area contributed by atoms with E-state index in [1.54, 1.807) is 6.26 Å². The van der Waals surface area contributed by atoms with Crippen LogP contribution in [-0.4, -0.2) is 37.0 Å². The van der Waals surface area contributed by atoms with E-state index in [4.69, 9.17) is 4.42 Å². The van der Waals surface area contributed by atoms with Crippen LogP contribution >= 0.6 is 0 Å². The minimum atomic E-state index is 0.0833. The van der Waals surface area contributed by atoms with Crippen molar-refractivity contribution in [2.45, 2.75) is 26.7 Å². The molecular formula is C14H22N2O2. The number of aryl methyl sites for hydroxylation is 1. The molecule has 2 rings (SSSR count). The molecule has 1 aromatic heterocycles. The average molecular weight is 250 g/mol. The number of nitrogens with one attached hydrogen (secondary N) is 1. The van der Waals surface area contributed by atoms with Gasteiger partial charge in [0.15, 0.2) is 0 Å². The van der Waals surface area contributed by atoms with Gasteiger partial charge in [-0.25, -0.2) is 0 Å². The molecule has 1 aliphatic rings. The number of piperidine rings is 1. The molecule has 18 heavy (non-hydrogen) atoms. The maximum atomic E-state index is 12.3. The molecule has 1 amide bonds. The van der Waals surface area contributed by atoms with Gasteiger partial charge in [0.05, 0.1) is 5.56 Å². The van der Waals surface area contributed by atoms with Crippen molar-refractivity contribution in [1.82, 2.24) is 10.2 Å². The summed E-state index contributed by atoms with van der Waals surface area (Å²) in [6, 6.07) is 1.81. The number of nitrogens with zero attached hydrogens (tertiary/aromatic N) is 1. The van der Waals surface area contributed by atoms with E-state index in [9.17, 15) is 4.79 Å². The highest BCUT2D eigenvalue weighted by Crippen LogP contribution is 2.15. The summed E-state index contributed by atoms with van der Waals surface area (Å²) in [5, 5.41) is 3.39. The molecule has 1 fully saturated rings. The highest BCUT2D eigenvalue weighted by atomic mass is 16.3. The maximum Gasteiger partial charge on any atom is 0.257 e. The fourth-order valence-electron chi connectivity index (χ4n) is 2.49. The SMILES string of the molecule is CCN(CC1CCCNC1)C(=O)c1coc(C)c1. The van der Waals surface area contributed by atoms with Gasteiger partial charge in [-0.05, 0) is 51.8 Å². The summed E-state index contributed by atoms with van der Waals surface area (Å²) < 4.78 is 5.21. The zero-order valence-corrected chi connectivity index (χ0v) is 11.2. The highest BCUT2D eigenvalue weighted by Gasteiger charge is 2.21. The van der Waals surface area contributed by atoms with Crippen molar-refractivity contribution in [2.75, 3.05) is 26.2 Å². The highest BCUT2D eigenvalue weighted by molar-refractivity contribution is 5.94. The predicted octanol–water partition coefficient (Wildman–Crippen LogP) is 2.05. The molecule has 1 saturated heterocycles. The van der Waals surface area contributed by atoms with Gasteiger partial charge in [0.1, 0.15) is 12.0 Å². The van der Waals surface area contributed by atoms with Gasteiger partial charge in [-0.1, -0.05) is 0 Å². The Morgan fingerprint density at radius 3 is 3.00 bits per heavy atom. The molecule has 1 atom stereocenters. The second kappa shape index (κ2) is 6.05. The third-order valence-electron chi connectivity index (χ3n) is 3.52. The number of carbonyl (C=O) groups is 1. The van der Waals surface area contributed by atoms with Gasteiger partial charge in [-0.3, -0.25) is 4.79 Å². The van der Waals surface area contributed by atoms with E-state index in [0.717, 1.165) is 31.9 Å². The number of hydrogen-bond acceptors (Lipinski definition) is 3. The molecule has 1 aromatic rings. The van der Waals surface area contributed by atoms with E-state index in [1.165, 1.54) is 12.8 Å². The van der Waals surface area contributed by atoms with Crippen molar-refractivity contribution in [3.63, 3.8) is 0 Å². The molecule has 0 spiro atoms. The summed E-state index contributed by atoms with van der Waals surface area (Å²) in [6.07, 6.45) is 3.97. The predicted molar refractivity (Wildman–Crippen MR) is 70.6 cm³/mol. The summed E-state index contributed by atoms with van der Waals surface area (Å²) in [5.41, 5.74) is 0.665. The van der Waals surface area contributed by atoms with Crippen molar-refractivity contribution >= 4 is 5.91 Å². The van der Waals surface area contributed by atoms with Crippen LogP contribution in [0.25, 0.3) is 0 Å². The number of rotatable bonds is 4. The summed E-state index contributed by atoms with van der Waals surface area (Å²) in [7, 11) is 0. The second-order valence-corrected chi connectivity index (χ2v) is 5.00. The monoisotopic (exact) mass is 250 g/mol. The van der Waals surface area contributed by atoms with Gasteiger partial charge in [0.2, 0.25) is 0 Å². The molecule has 4 heteroatoms. The molecule has 100 valence electrons. The lowest BCUT2D eigenvalue weighted by atomic mass is 9.99. The molecule has 1 N–H and O–H groups in total. The summed E-state index contributed by atoms with van der Waals surface area (Å²) >= 11 is 0. The molecule has 4 nitrogen and oxygen atoms in total. The van der Waals surface area contributed by atoms with Gasteiger partial charge in [0.25, 0.3) is 5.91 Å². The van der Waals surface area contributed by atoms with Gasteiger partial charge in [-0.2, -0.15) is 0 Å². The molecule has 0 aliphatic carbocycles. The van der Waals surface area contributed by atoms with Crippen LogP contribution in [0.1, 0.15) is 35.9 Å². The summed E-state index contributed by atoms with van der Waals surface area (Å²) in [4.78, 5) is 14.2. The normalized spacial score (nSPS) is 19.8. The molecular weight excluding hydrogens is 228 g/mol. The van der Waals surface area contributed by atoms with Gasteiger partial charge in [0, 0.05) is 13.1 Å². The van der Waals surface area contributed by atoms with Crippen LogP contribution in [0.15, 0.2) is 16.7 Å². The Kier molecular flexibility index (Phi) is 4.42. The van der Waals surface area contributed by atoms with Crippen molar-refractivity contribution in [1.29, 1.82) is 0 Å². The Morgan fingerprint density at radius 2 is 2.44 bits per heavy atom. The molecule has 1 aliphatic heterocycles. The van der Waals surface area contributed by atoms with Gasteiger partial charge in [-0.15, -0.1) is 0 Å². The Balaban J connectivity index is 1.97. The molecule has 1 unspecified atom stereocenters. The minimum absolute atomic E-state index is 0.0833. The van der Waals surface area contributed by atoms with Crippen LogP contribution in [0, 0.1) is 12.8 Å². The first-order valence-corrected chi connectivity index (χ1v) is 6.75. The zero-order chi connectivity index (χ0) is 13.0. The molecule has 0 bridgehead atoms. The van der Waals surface area contributed by atoms with Crippen molar-refractivity contribution in [3.8, 4) is 0 Å². The first-order valence-electron chi connectivity index (χ1n) is 6.75. The Morgan fingerprint density at radius 1 is 1.61 bits per heavy atom. The lowest BCUT2D eigenvalue weighted by molar-refractivity contribution is 0.0728. The van der Waals surface area contributed by atoms with Gasteiger partial charge < -0.3 is 14.6 Å². The number of carbonyl (C=O) groups excluding carboxylic acids is 1.